The Hall–Kier alpha value is -0.500. The molecule has 0 saturated carbocycles. The molecule has 0 unspecified atom stereocenters. The minimum absolute atomic E-state index is 0. The zero-order valence-corrected chi connectivity index (χ0v) is 7.34. The third-order valence-corrected chi connectivity index (χ3v) is 1.36. The molecular formula is C8H6AuO. The van der Waals surface area contributed by atoms with Crippen molar-refractivity contribution in [1.29, 1.82) is 0 Å². The van der Waals surface area contributed by atoms with Crippen LogP contribution in [-0.4, -0.2) is 0 Å². The van der Waals surface area contributed by atoms with E-state index in [1.54, 1.807) is 6.26 Å². The molecule has 0 spiro atoms. The van der Waals surface area contributed by atoms with E-state index in [1.807, 2.05) is 30.3 Å². The molecule has 0 N–H and O–H groups in total. The van der Waals surface area contributed by atoms with Crippen molar-refractivity contribution in [1.82, 2.24) is 0 Å². The molecule has 1 aromatic carbocycles. The molecule has 1 nitrogen and oxygen atoms in total. The average Bonchev–Trinajstić information content (AvgIpc) is 2.33. The fraction of sp³-hybridized carbons (Fsp3) is 0. The number of hydrogen-bond acceptors (Lipinski definition) is 1. The predicted octanol–water partition coefficient (Wildman–Crippen LogP) is 2.43. The van der Waals surface area contributed by atoms with E-state index in [0.717, 1.165) is 11.0 Å². The van der Waals surface area contributed by atoms with Gasteiger partial charge in [0.1, 0.15) is 5.58 Å². The summed E-state index contributed by atoms with van der Waals surface area (Å²) in [6.45, 7) is 0. The molecule has 2 rings (SSSR count). The van der Waals surface area contributed by atoms with E-state index >= 15 is 0 Å². The van der Waals surface area contributed by atoms with Crippen LogP contribution in [-0.2, 0) is 22.4 Å². The van der Waals surface area contributed by atoms with Gasteiger partial charge >= 0.3 is 0 Å². The zero-order valence-electron chi connectivity index (χ0n) is 5.17. The van der Waals surface area contributed by atoms with Gasteiger partial charge in [-0.1, -0.05) is 18.2 Å². The quantitative estimate of drug-likeness (QED) is 0.681. The molecule has 2 aromatic rings. The summed E-state index contributed by atoms with van der Waals surface area (Å²) < 4.78 is 5.12. The van der Waals surface area contributed by atoms with Gasteiger partial charge < -0.3 is 4.42 Å². The number of furan rings is 1. The molecule has 1 radical (unpaired) electrons. The first-order valence-electron chi connectivity index (χ1n) is 2.89. The molecule has 0 amide bonds. The number of benzene rings is 1. The van der Waals surface area contributed by atoms with Gasteiger partial charge in [0.05, 0.1) is 6.26 Å². The van der Waals surface area contributed by atoms with Crippen molar-refractivity contribution in [3.8, 4) is 0 Å². The Bertz CT molecular complexity index is 283. The van der Waals surface area contributed by atoms with Crippen molar-refractivity contribution in [2.75, 3.05) is 0 Å². The first-order chi connectivity index (χ1) is 4.47. The zero-order chi connectivity index (χ0) is 6.10. The number of para-hydroxylation sites is 1. The molecule has 0 aliphatic heterocycles. The molecule has 0 bridgehead atoms. The molecule has 55 valence electrons. The minimum Gasteiger partial charge on any atom is -0.464 e. The van der Waals surface area contributed by atoms with Gasteiger partial charge in [-0.3, -0.25) is 0 Å². The fourth-order valence-corrected chi connectivity index (χ4v) is 0.906. The van der Waals surface area contributed by atoms with Crippen LogP contribution in [0.15, 0.2) is 41.0 Å². The Labute approximate surface area is 74.5 Å². The Morgan fingerprint density at radius 3 is 2.60 bits per heavy atom. The largest absolute Gasteiger partial charge is 0.464 e. The van der Waals surface area contributed by atoms with Crippen molar-refractivity contribution >= 4 is 11.0 Å². The van der Waals surface area contributed by atoms with E-state index in [1.165, 1.54) is 0 Å². The van der Waals surface area contributed by atoms with Crippen molar-refractivity contribution in [2.45, 2.75) is 0 Å². The van der Waals surface area contributed by atoms with E-state index in [9.17, 15) is 0 Å². The van der Waals surface area contributed by atoms with Crippen molar-refractivity contribution < 1.29 is 26.8 Å². The second kappa shape index (κ2) is 3.06. The smallest absolute Gasteiger partial charge is 0.133 e. The van der Waals surface area contributed by atoms with Crippen LogP contribution < -0.4 is 0 Å². The standard InChI is InChI=1S/C8H6O.Au/c1-2-4-8-7(3-1)5-6-9-8;/h1-6H;. The Morgan fingerprint density at radius 1 is 1.00 bits per heavy atom. The van der Waals surface area contributed by atoms with E-state index in [4.69, 9.17) is 4.42 Å². The first kappa shape index (κ1) is 7.61. The normalized spacial score (nSPS) is 9.20. The van der Waals surface area contributed by atoms with Gasteiger partial charge in [-0.15, -0.1) is 0 Å². The SMILES string of the molecule is [Au].c1ccc2occc2c1. The van der Waals surface area contributed by atoms with Crippen molar-refractivity contribution in [2.24, 2.45) is 0 Å². The molecular weight excluding hydrogens is 309 g/mol. The van der Waals surface area contributed by atoms with Gasteiger partial charge in [-0.05, 0) is 12.1 Å². The predicted molar refractivity (Wildman–Crippen MR) is 36.2 cm³/mol. The van der Waals surface area contributed by atoms with Crippen molar-refractivity contribution in [3.05, 3.63) is 36.6 Å². The summed E-state index contributed by atoms with van der Waals surface area (Å²) >= 11 is 0. The van der Waals surface area contributed by atoms with E-state index in [2.05, 4.69) is 0 Å². The summed E-state index contributed by atoms with van der Waals surface area (Å²) in [7, 11) is 0. The van der Waals surface area contributed by atoms with Gasteiger partial charge in [-0.2, -0.15) is 0 Å². The summed E-state index contributed by atoms with van der Waals surface area (Å²) in [5.41, 5.74) is 0.956. The van der Waals surface area contributed by atoms with Crippen LogP contribution in [0.3, 0.4) is 0 Å². The summed E-state index contributed by atoms with van der Waals surface area (Å²) in [5.74, 6) is 0. The first-order valence-corrected chi connectivity index (χ1v) is 2.89. The third-order valence-electron chi connectivity index (χ3n) is 1.36. The Kier molecular flexibility index (Phi) is 2.33. The maximum Gasteiger partial charge on any atom is 0.133 e. The van der Waals surface area contributed by atoms with Crippen LogP contribution in [0.4, 0.5) is 0 Å². The molecule has 10 heavy (non-hydrogen) atoms. The van der Waals surface area contributed by atoms with Gasteiger partial charge in [0.2, 0.25) is 0 Å². The van der Waals surface area contributed by atoms with Crippen molar-refractivity contribution in [3.63, 3.8) is 0 Å². The number of hydrogen-bond donors (Lipinski definition) is 0. The topological polar surface area (TPSA) is 13.1 Å². The third kappa shape index (κ3) is 1.16. The van der Waals surface area contributed by atoms with Gasteiger partial charge in [0.15, 0.2) is 0 Å². The monoisotopic (exact) mass is 315 g/mol. The van der Waals surface area contributed by atoms with E-state index in [-0.39, 0.29) is 22.4 Å². The van der Waals surface area contributed by atoms with Gasteiger partial charge in [0.25, 0.3) is 0 Å². The number of fused-ring (bicyclic) bond motifs is 1. The van der Waals surface area contributed by atoms with Crippen LogP contribution in [0.1, 0.15) is 0 Å². The fourth-order valence-electron chi connectivity index (χ4n) is 0.906. The van der Waals surface area contributed by atoms with Gasteiger partial charge in [0, 0.05) is 27.8 Å². The molecule has 0 aliphatic rings. The molecule has 0 saturated heterocycles. The molecule has 1 heterocycles. The molecule has 1 aromatic heterocycles. The molecule has 0 atom stereocenters. The maximum absolute atomic E-state index is 5.12. The average molecular weight is 315 g/mol. The van der Waals surface area contributed by atoms with Crippen LogP contribution in [0, 0.1) is 0 Å². The second-order valence-corrected chi connectivity index (χ2v) is 1.96. The minimum atomic E-state index is 0. The van der Waals surface area contributed by atoms with Crippen LogP contribution >= 0.6 is 0 Å². The van der Waals surface area contributed by atoms with Gasteiger partial charge in [-0.25, -0.2) is 0 Å². The summed E-state index contributed by atoms with van der Waals surface area (Å²) in [4.78, 5) is 0. The maximum atomic E-state index is 5.12. The Morgan fingerprint density at radius 2 is 1.80 bits per heavy atom. The number of rotatable bonds is 0. The summed E-state index contributed by atoms with van der Waals surface area (Å²) in [5, 5.41) is 1.16. The summed E-state index contributed by atoms with van der Waals surface area (Å²) in [6.07, 6.45) is 1.70. The molecule has 2 heteroatoms. The van der Waals surface area contributed by atoms with Crippen LogP contribution in [0.2, 0.25) is 0 Å². The van der Waals surface area contributed by atoms with Crippen LogP contribution in [0.25, 0.3) is 11.0 Å². The van der Waals surface area contributed by atoms with E-state index in [0.29, 0.717) is 0 Å². The Balaban J connectivity index is 0.000000500. The second-order valence-electron chi connectivity index (χ2n) is 1.96. The summed E-state index contributed by atoms with van der Waals surface area (Å²) in [6, 6.07) is 9.90. The van der Waals surface area contributed by atoms with Crippen LogP contribution in [0.5, 0.6) is 0 Å². The van der Waals surface area contributed by atoms with E-state index < -0.39 is 0 Å². The molecule has 0 aliphatic carbocycles. The molecule has 0 fully saturated rings.